The Morgan fingerprint density at radius 3 is 2.65 bits per heavy atom. The number of amides is 1. The molecule has 0 aliphatic heterocycles. The van der Waals surface area contributed by atoms with Gasteiger partial charge in [0, 0.05) is 17.3 Å². The van der Waals surface area contributed by atoms with Crippen LogP contribution in [-0.2, 0) is 4.79 Å². The van der Waals surface area contributed by atoms with Gasteiger partial charge in [-0.05, 0) is 30.3 Å². The zero-order chi connectivity index (χ0) is 22.1. The van der Waals surface area contributed by atoms with E-state index in [1.807, 2.05) is 18.2 Å². The molecule has 2 aromatic carbocycles. The number of nitrogens with zero attached hydrogens (tertiary/aromatic N) is 3. The van der Waals surface area contributed by atoms with Gasteiger partial charge in [-0.25, -0.2) is 4.98 Å². The zero-order valence-corrected chi connectivity index (χ0v) is 16.5. The lowest BCUT2D eigenvalue weighted by atomic mass is 10.2. The van der Waals surface area contributed by atoms with Crippen LogP contribution in [0, 0.1) is 10.1 Å². The average molecular weight is 421 g/mol. The lowest BCUT2D eigenvalue weighted by Gasteiger charge is -2.13. The number of hydrazone groups is 1. The van der Waals surface area contributed by atoms with Gasteiger partial charge in [-0.2, -0.15) is 5.10 Å². The molecule has 1 aromatic heterocycles. The van der Waals surface area contributed by atoms with Crippen molar-refractivity contribution in [3.05, 3.63) is 82.5 Å². The number of rotatable bonds is 9. The monoisotopic (exact) mass is 421 g/mol. The number of anilines is 2. The van der Waals surface area contributed by atoms with Crippen molar-refractivity contribution in [1.29, 1.82) is 0 Å². The lowest BCUT2D eigenvalue weighted by molar-refractivity contribution is -0.385. The highest BCUT2D eigenvalue weighted by atomic mass is 16.6. The maximum absolute atomic E-state index is 12.2. The van der Waals surface area contributed by atoms with Crippen molar-refractivity contribution in [3.8, 4) is 11.5 Å². The first kappa shape index (κ1) is 21.2. The van der Waals surface area contributed by atoms with Gasteiger partial charge in [0.25, 0.3) is 11.6 Å². The minimum absolute atomic E-state index is 0.119. The number of nitro groups is 1. The Labute approximate surface area is 177 Å². The fraction of sp³-hybridized carbons (Fsp3) is 0.0952. The first-order valence-electron chi connectivity index (χ1n) is 9.11. The van der Waals surface area contributed by atoms with Crippen LogP contribution in [0.5, 0.6) is 11.5 Å². The van der Waals surface area contributed by atoms with E-state index in [1.165, 1.54) is 25.5 Å². The van der Waals surface area contributed by atoms with E-state index in [-0.39, 0.29) is 18.2 Å². The van der Waals surface area contributed by atoms with Crippen molar-refractivity contribution in [2.75, 3.05) is 24.5 Å². The zero-order valence-electron chi connectivity index (χ0n) is 16.5. The average Bonchev–Trinajstić information content (AvgIpc) is 2.79. The van der Waals surface area contributed by atoms with Crippen LogP contribution < -0.4 is 20.2 Å². The van der Waals surface area contributed by atoms with Gasteiger partial charge in [0.1, 0.15) is 12.0 Å². The second-order valence-corrected chi connectivity index (χ2v) is 6.11. The molecule has 0 fully saturated rings. The van der Waals surface area contributed by atoms with E-state index in [1.54, 1.807) is 30.3 Å². The number of ether oxygens (including phenoxy) is 2. The topological polar surface area (TPSA) is 128 Å². The number of carbonyl (C=O) groups is 1. The minimum Gasteiger partial charge on any atom is -0.493 e. The van der Waals surface area contributed by atoms with Crippen molar-refractivity contribution in [1.82, 2.24) is 4.98 Å². The van der Waals surface area contributed by atoms with Gasteiger partial charge in [-0.3, -0.25) is 20.3 Å². The van der Waals surface area contributed by atoms with Crippen molar-refractivity contribution < 1.29 is 19.2 Å². The van der Waals surface area contributed by atoms with E-state index in [2.05, 4.69) is 20.8 Å². The Morgan fingerprint density at radius 2 is 1.97 bits per heavy atom. The van der Waals surface area contributed by atoms with Gasteiger partial charge in [0.15, 0.2) is 18.1 Å². The summed E-state index contributed by atoms with van der Waals surface area (Å²) in [5.41, 5.74) is 3.78. The Bertz CT molecular complexity index is 1070. The molecular formula is C21H19N5O5. The number of hydrogen-bond donors (Lipinski definition) is 2. The summed E-state index contributed by atoms with van der Waals surface area (Å²) in [6.07, 6.45) is 2.60. The molecule has 0 aliphatic rings. The number of aromatic nitrogens is 1. The largest absolute Gasteiger partial charge is 0.493 e. The molecule has 0 saturated heterocycles. The summed E-state index contributed by atoms with van der Waals surface area (Å²) in [7, 11) is 1.49. The summed E-state index contributed by atoms with van der Waals surface area (Å²) in [5, 5.41) is 17.5. The molecule has 0 radical (unpaired) electrons. The molecule has 158 valence electrons. The number of pyridine rings is 1. The van der Waals surface area contributed by atoms with Crippen LogP contribution in [0.2, 0.25) is 0 Å². The molecule has 0 saturated carbocycles. The summed E-state index contributed by atoms with van der Waals surface area (Å²) in [6, 6.07) is 17.0. The summed E-state index contributed by atoms with van der Waals surface area (Å²) in [6.45, 7) is -0.229. The van der Waals surface area contributed by atoms with Gasteiger partial charge in [0.2, 0.25) is 0 Å². The molecule has 0 aliphatic carbocycles. The van der Waals surface area contributed by atoms with Gasteiger partial charge >= 0.3 is 0 Å². The van der Waals surface area contributed by atoms with E-state index < -0.39 is 4.92 Å². The molecule has 0 unspecified atom stereocenters. The second kappa shape index (κ2) is 10.3. The van der Waals surface area contributed by atoms with Crippen molar-refractivity contribution in [3.63, 3.8) is 0 Å². The van der Waals surface area contributed by atoms with Crippen LogP contribution in [0.4, 0.5) is 17.2 Å². The standard InChI is InChI=1S/C21H19N5O5/c1-30-18-9-5-6-15(12-23-25-19-11-10-17(13-22-19)26(28)29)21(18)31-14-20(27)24-16-7-3-2-4-8-16/h2-13H,14H2,1H3,(H,22,25)(H,24,27)/b23-12+. The number of benzene rings is 2. The third-order valence-electron chi connectivity index (χ3n) is 3.98. The minimum atomic E-state index is -0.534. The first-order chi connectivity index (χ1) is 15.1. The lowest BCUT2D eigenvalue weighted by Crippen LogP contribution is -2.20. The van der Waals surface area contributed by atoms with Gasteiger partial charge in [-0.15, -0.1) is 0 Å². The summed E-state index contributed by atoms with van der Waals surface area (Å²) in [5.74, 6) is 0.781. The number of carbonyl (C=O) groups excluding carboxylic acids is 1. The molecule has 0 spiro atoms. The van der Waals surface area contributed by atoms with Gasteiger partial charge in [0.05, 0.1) is 18.2 Å². The van der Waals surface area contributed by atoms with Gasteiger partial charge < -0.3 is 14.8 Å². The van der Waals surface area contributed by atoms with E-state index >= 15 is 0 Å². The predicted octanol–water partition coefficient (Wildman–Crippen LogP) is 3.46. The van der Waals surface area contributed by atoms with E-state index in [9.17, 15) is 14.9 Å². The van der Waals surface area contributed by atoms with Crippen LogP contribution in [0.1, 0.15) is 5.56 Å². The molecule has 31 heavy (non-hydrogen) atoms. The maximum atomic E-state index is 12.2. The highest BCUT2D eigenvalue weighted by molar-refractivity contribution is 5.92. The van der Waals surface area contributed by atoms with Gasteiger partial charge in [-0.1, -0.05) is 24.3 Å². The molecular weight excluding hydrogens is 402 g/mol. The van der Waals surface area contributed by atoms with Crippen LogP contribution in [0.25, 0.3) is 0 Å². The quantitative estimate of drug-likeness (QED) is 0.308. The normalized spacial score (nSPS) is 10.5. The first-order valence-corrected chi connectivity index (χ1v) is 9.11. The molecule has 10 nitrogen and oxygen atoms in total. The molecule has 3 rings (SSSR count). The second-order valence-electron chi connectivity index (χ2n) is 6.11. The summed E-state index contributed by atoms with van der Waals surface area (Å²) < 4.78 is 11.0. The smallest absolute Gasteiger partial charge is 0.287 e. The van der Waals surface area contributed by atoms with E-state index in [0.29, 0.717) is 28.6 Å². The highest BCUT2D eigenvalue weighted by Gasteiger charge is 2.12. The summed E-state index contributed by atoms with van der Waals surface area (Å²) in [4.78, 5) is 26.3. The fourth-order valence-electron chi connectivity index (χ4n) is 2.53. The van der Waals surface area contributed by atoms with Crippen molar-refractivity contribution in [2.45, 2.75) is 0 Å². The van der Waals surface area contributed by atoms with E-state index in [4.69, 9.17) is 9.47 Å². The molecule has 0 bridgehead atoms. The van der Waals surface area contributed by atoms with Crippen LogP contribution in [0.15, 0.2) is 72.0 Å². The predicted molar refractivity (Wildman–Crippen MR) is 116 cm³/mol. The van der Waals surface area contributed by atoms with Crippen LogP contribution >= 0.6 is 0 Å². The highest BCUT2D eigenvalue weighted by Crippen LogP contribution is 2.30. The maximum Gasteiger partial charge on any atom is 0.287 e. The molecule has 3 aromatic rings. The Balaban J connectivity index is 1.67. The van der Waals surface area contributed by atoms with Crippen molar-refractivity contribution >= 4 is 29.3 Å². The Kier molecular flexibility index (Phi) is 7.09. The molecule has 2 N–H and O–H groups in total. The van der Waals surface area contributed by atoms with Crippen molar-refractivity contribution in [2.24, 2.45) is 5.10 Å². The fourth-order valence-corrected chi connectivity index (χ4v) is 2.53. The Morgan fingerprint density at radius 1 is 1.16 bits per heavy atom. The third-order valence-corrected chi connectivity index (χ3v) is 3.98. The van der Waals surface area contributed by atoms with Crippen LogP contribution in [-0.4, -0.2) is 35.7 Å². The molecule has 10 heteroatoms. The number of hydrogen-bond acceptors (Lipinski definition) is 8. The Hall–Kier alpha value is -4.47. The van der Waals surface area contributed by atoms with E-state index in [0.717, 1.165) is 6.20 Å². The summed E-state index contributed by atoms with van der Waals surface area (Å²) >= 11 is 0. The SMILES string of the molecule is COc1cccc(/C=N/Nc2ccc([N+](=O)[O-])cn2)c1OCC(=O)Nc1ccccc1. The number of para-hydroxylation sites is 2. The molecule has 1 heterocycles. The molecule has 1 amide bonds. The number of nitrogens with one attached hydrogen (secondary N) is 2. The molecule has 0 atom stereocenters. The van der Waals surface area contributed by atoms with Crippen LogP contribution in [0.3, 0.4) is 0 Å². The third kappa shape index (κ3) is 6.00. The number of methoxy groups -OCH3 is 1.